The minimum atomic E-state index is -0.807. The van der Waals surface area contributed by atoms with E-state index in [4.69, 9.17) is 4.74 Å². The number of aliphatic hydroxyl groups is 2. The summed E-state index contributed by atoms with van der Waals surface area (Å²) in [5, 5.41) is 23.8. The number of hydrogen-bond donors (Lipinski definition) is 3. The number of amides is 1. The zero-order valence-corrected chi connectivity index (χ0v) is 41.9. The Bertz CT molecular complexity index is 1230. The molecule has 3 N–H and O–H groups in total. The molecule has 0 aliphatic heterocycles. The molecule has 64 heavy (non-hydrogen) atoms. The Morgan fingerprint density at radius 3 is 1.42 bits per heavy atom. The fourth-order valence-corrected chi connectivity index (χ4v) is 7.79. The van der Waals surface area contributed by atoms with Gasteiger partial charge in [-0.1, -0.05) is 247 Å². The molecule has 3 atom stereocenters. The van der Waals surface area contributed by atoms with E-state index in [2.05, 4.69) is 56.5 Å². The highest BCUT2D eigenvalue weighted by Gasteiger charge is 2.24. The van der Waals surface area contributed by atoms with Crippen molar-refractivity contribution in [2.75, 3.05) is 6.61 Å². The molecule has 0 bridgehead atoms. The van der Waals surface area contributed by atoms with Crippen molar-refractivity contribution in [3.8, 4) is 0 Å². The van der Waals surface area contributed by atoms with Crippen molar-refractivity contribution < 1.29 is 24.5 Å². The molecule has 0 aliphatic carbocycles. The van der Waals surface area contributed by atoms with Crippen molar-refractivity contribution in [3.05, 3.63) is 85.1 Å². The molecule has 0 aromatic rings. The van der Waals surface area contributed by atoms with Gasteiger partial charge in [0.1, 0.15) is 6.10 Å². The van der Waals surface area contributed by atoms with Crippen molar-refractivity contribution >= 4 is 11.9 Å². The third-order valence-corrected chi connectivity index (χ3v) is 11.8. The van der Waals surface area contributed by atoms with Crippen molar-refractivity contribution in [2.45, 2.75) is 264 Å². The smallest absolute Gasteiger partial charge is 0.306 e. The molecule has 1 amide bonds. The Kier molecular flexibility index (Phi) is 48.7. The standard InChI is InChI=1S/C58H101NO5/c1-4-7-10-13-16-19-22-25-27-28-30-32-34-37-40-43-46-49-54(64-58(63)51-48-45-42-39-36-31-24-21-18-15-12-9-6-3)52-57(62)59-55(53-60)56(61)50-47-44-41-38-35-33-29-26-23-20-17-14-11-8-5-2/h9,12,15-16,18-19,21,24-25,27,31,36,39,42,54-56,60-61H,4-8,10-11,13-14,17,20,22-23,26,28-30,32-35,37-38,40-41,43-53H2,1-3H3,(H,59,62)/b12-9+,18-15+,19-16-,24-21-,27-25-,36-31-,42-39+. The molecule has 0 saturated carbocycles. The lowest BCUT2D eigenvalue weighted by Gasteiger charge is -2.24. The lowest BCUT2D eigenvalue weighted by molar-refractivity contribution is -0.151. The Balaban J connectivity index is 4.68. The predicted molar refractivity (Wildman–Crippen MR) is 278 cm³/mol. The van der Waals surface area contributed by atoms with Gasteiger partial charge in [0.05, 0.1) is 25.2 Å². The van der Waals surface area contributed by atoms with E-state index in [1.165, 1.54) is 128 Å². The van der Waals surface area contributed by atoms with Crippen LogP contribution in [0.5, 0.6) is 0 Å². The fraction of sp³-hybridized carbons (Fsp3) is 0.724. The second-order valence-electron chi connectivity index (χ2n) is 18.0. The van der Waals surface area contributed by atoms with Crippen LogP contribution in [0.15, 0.2) is 85.1 Å². The monoisotopic (exact) mass is 892 g/mol. The molecule has 0 rings (SSSR count). The number of hydrogen-bond acceptors (Lipinski definition) is 5. The normalized spacial score (nSPS) is 13.9. The van der Waals surface area contributed by atoms with E-state index in [0.29, 0.717) is 25.7 Å². The van der Waals surface area contributed by atoms with E-state index in [-0.39, 0.29) is 24.9 Å². The number of carbonyl (C=O) groups is 2. The Labute approximate surface area is 395 Å². The predicted octanol–water partition coefficient (Wildman–Crippen LogP) is 16.3. The number of ether oxygens (including phenoxy) is 1. The number of rotatable bonds is 47. The second kappa shape index (κ2) is 51.0. The molecule has 0 saturated heterocycles. The first kappa shape index (κ1) is 61.0. The summed E-state index contributed by atoms with van der Waals surface area (Å²) < 4.78 is 5.90. The second-order valence-corrected chi connectivity index (χ2v) is 18.0. The third kappa shape index (κ3) is 45.6. The van der Waals surface area contributed by atoms with E-state index in [1.54, 1.807) is 0 Å². The van der Waals surface area contributed by atoms with Gasteiger partial charge in [0, 0.05) is 6.42 Å². The van der Waals surface area contributed by atoms with Crippen LogP contribution in [0, 0.1) is 0 Å². The van der Waals surface area contributed by atoms with E-state index in [9.17, 15) is 19.8 Å². The highest BCUT2D eigenvalue weighted by atomic mass is 16.5. The van der Waals surface area contributed by atoms with Crippen molar-refractivity contribution in [1.29, 1.82) is 0 Å². The van der Waals surface area contributed by atoms with Gasteiger partial charge < -0.3 is 20.3 Å². The molecule has 0 aliphatic rings. The van der Waals surface area contributed by atoms with Crippen LogP contribution in [-0.4, -0.2) is 46.9 Å². The third-order valence-electron chi connectivity index (χ3n) is 11.8. The van der Waals surface area contributed by atoms with Crippen LogP contribution >= 0.6 is 0 Å². The minimum absolute atomic E-state index is 0.0401. The first-order chi connectivity index (χ1) is 31.5. The van der Waals surface area contributed by atoms with Crippen molar-refractivity contribution in [2.24, 2.45) is 0 Å². The SMILES string of the molecule is CC/C=C/C=C/C=C\C=C/C=C/CCCC(=O)OC(CCCCCCCCC/C=C\C/C=C\CCCCC)CC(=O)NC(CO)C(O)CCCCCCCCCCCCCCCCC. The lowest BCUT2D eigenvalue weighted by atomic mass is 10.0. The molecule has 0 spiro atoms. The fourth-order valence-electron chi connectivity index (χ4n) is 7.79. The molecule has 6 heteroatoms. The zero-order chi connectivity index (χ0) is 46.7. The van der Waals surface area contributed by atoms with Gasteiger partial charge in [-0.15, -0.1) is 0 Å². The quantitative estimate of drug-likeness (QED) is 0.0245. The zero-order valence-electron chi connectivity index (χ0n) is 41.9. The number of unbranched alkanes of at least 4 members (excludes halogenated alkanes) is 25. The highest BCUT2D eigenvalue weighted by Crippen LogP contribution is 2.18. The van der Waals surface area contributed by atoms with E-state index in [0.717, 1.165) is 64.2 Å². The molecule has 0 aromatic heterocycles. The lowest BCUT2D eigenvalue weighted by Crippen LogP contribution is -2.46. The molecule has 0 fully saturated rings. The Morgan fingerprint density at radius 2 is 0.906 bits per heavy atom. The van der Waals surface area contributed by atoms with Gasteiger partial charge in [-0.25, -0.2) is 0 Å². The van der Waals surface area contributed by atoms with Gasteiger partial charge in [-0.05, 0) is 70.6 Å². The summed E-state index contributed by atoms with van der Waals surface area (Å²) in [6, 6.07) is -0.723. The number of esters is 1. The first-order valence-electron chi connectivity index (χ1n) is 26.9. The van der Waals surface area contributed by atoms with Gasteiger partial charge in [0.2, 0.25) is 5.91 Å². The van der Waals surface area contributed by atoms with Crippen LogP contribution < -0.4 is 5.32 Å². The van der Waals surface area contributed by atoms with Crippen LogP contribution in [0.4, 0.5) is 0 Å². The van der Waals surface area contributed by atoms with Crippen molar-refractivity contribution in [3.63, 3.8) is 0 Å². The van der Waals surface area contributed by atoms with Crippen LogP contribution in [0.3, 0.4) is 0 Å². The molecule has 0 heterocycles. The maximum Gasteiger partial charge on any atom is 0.306 e. The van der Waals surface area contributed by atoms with Crippen molar-refractivity contribution in [1.82, 2.24) is 5.32 Å². The Hall–Kier alpha value is -2.96. The van der Waals surface area contributed by atoms with Gasteiger partial charge in [0.25, 0.3) is 0 Å². The van der Waals surface area contributed by atoms with Gasteiger partial charge in [-0.3, -0.25) is 9.59 Å². The molecule has 0 aromatic carbocycles. The number of allylic oxidation sites excluding steroid dienone is 14. The van der Waals surface area contributed by atoms with E-state index in [1.807, 2.05) is 54.7 Å². The number of carbonyl (C=O) groups excluding carboxylic acids is 2. The van der Waals surface area contributed by atoms with Gasteiger partial charge >= 0.3 is 5.97 Å². The Morgan fingerprint density at radius 1 is 0.484 bits per heavy atom. The number of aliphatic hydroxyl groups excluding tert-OH is 2. The maximum atomic E-state index is 13.2. The molecule has 368 valence electrons. The highest BCUT2D eigenvalue weighted by molar-refractivity contribution is 5.77. The van der Waals surface area contributed by atoms with Crippen LogP contribution in [0.2, 0.25) is 0 Å². The van der Waals surface area contributed by atoms with Crippen LogP contribution in [0.1, 0.15) is 245 Å². The first-order valence-corrected chi connectivity index (χ1v) is 26.9. The minimum Gasteiger partial charge on any atom is -0.462 e. The molecule has 3 unspecified atom stereocenters. The summed E-state index contributed by atoms with van der Waals surface area (Å²) in [7, 11) is 0. The molecule has 6 nitrogen and oxygen atoms in total. The summed E-state index contributed by atoms with van der Waals surface area (Å²) in [5.74, 6) is -0.571. The topological polar surface area (TPSA) is 95.9 Å². The summed E-state index contributed by atoms with van der Waals surface area (Å²) >= 11 is 0. The van der Waals surface area contributed by atoms with Crippen LogP contribution in [0.25, 0.3) is 0 Å². The summed E-state index contributed by atoms with van der Waals surface area (Å²) in [6.07, 6.45) is 66.5. The van der Waals surface area contributed by atoms with E-state index < -0.39 is 18.2 Å². The average molecular weight is 892 g/mol. The van der Waals surface area contributed by atoms with Crippen LogP contribution in [-0.2, 0) is 14.3 Å². The maximum absolute atomic E-state index is 13.2. The average Bonchev–Trinajstić information content (AvgIpc) is 3.29. The number of nitrogens with one attached hydrogen (secondary N) is 1. The largest absolute Gasteiger partial charge is 0.462 e. The summed E-state index contributed by atoms with van der Waals surface area (Å²) in [4.78, 5) is 26.2. The summed E-state index contributed by atoms with van der Waals surface area (Å²) in [5.41, 5.74) is 0. The van der Waals surface area contributed by atoms with Gasteiger partial charge in [-0.2, -0.15) is 0 Å². The van der Waals surface area contributed by atoms with E-state index >= 15 is 0 Å². The molecular formula is C58H101NO5. The molecule has 0 radical (unpaired) electrons. The molecular weight excluding hydrogens is 791 g/mol. The summed E-state index contributed by atoms with van der Waals surface area (Å²) in [6.45, 7) is 6.30. The van der Waals surface area contributed by atoms with Gasteiger partial charge in [0.15, 0.2) is 0 Å².